The molecule has 0 radical (unpaired) electrons. The van der Waals surface area contributed by atoms with Crippen LogP contribution in [0.25, 0.3) is 0 Å². The number of carbonyl (C=O) groups is 3. The van der Waals surface area contributed by atoms with Crippen molar-refractivity contribution in [2.24, 2.45) is 0 Å². The maximum Gasteiger partial charge on any atom is 0.345 e. The molecule has 0 aromatic heterocycles. The number of Topliss-reactive ketones (excluding diaryl/α,β-unsaturated/α-hetero) is 1. The predicted octanol–water partition coefficient (Wildman–Crippen LogP) is 4.71. The van der Waals surface area contributed by atoms with Crippen molar-refractivity contribution >= 4 is 27.7 Å². The predicted molar refractivity (Wildman–Crippen MR) is 144 cm³/mol. The number of hydrogen-bond acceptors (Lipinski definition) is 7. The van der Waals surface area contributed by atoms with Crippen LogP contribution >= 0.6 is 0 Å². The van der Waals surface area contributed by atoms with Crippen LogP contribution in [0, 0.1) is 6.92 Å². The van der Waals surface area contributed by atoms with Crippen LogP contribution in [0.3, 0.4) is 0 Å². The molecule has 1 heterocycles. The van der Waals surface area contributed by atoms with Crippen LogP contribution < -0.4 is 0 Å². The Bertz CT molecular complexity index is 1530. The number of carbonyl (C=O) groups excluding carboxylic acids is 3. The van der Waals surface area contributed by atoms with Gasteiger partial charge >= 0.3 is 11.9 Å². The van der Waals surface area contributed by atoms with Crippen molar-refractivity contribution < 1.29 is 36.7 Å². The van der Waals surface area contributed by atoms with Gasteiger partial charge < -0.3 is 9.47 Å². The molecule has 0 amide bonds. The molecule has 0 unspecified atom stereocenters. The lowest BCUT2D eigenvalue weighted by Gasteiger charge is -2.38. The molecule has 3 aromatic carbocycles. The van der Waals surface area contributed by atoms with Gasteiger partial charge in [0.05, 0.1) is 29.6 Å². The van der Waals surface area contributed by atoms with E-state index >= 15 is 4.39 Å². The van der Waals surface area contributed by atoms with E-state index < -0.39 is 55.6 Å². The maximum atomic E-state index is 16.9. The summed E-state index contributed by atoms with van der Waals surface area (Å²) in [6.07, 6.45) is 0. The van der Waals surface area contributed by atoms with Crippen molar-refractivity contribution in [2.45, 2.75) is 37.1 Å². The van der Waals surface area contributed by atoms with Crippen LogP contribution in [0.5, 0.6) is 0 Å². The molecule has 3 aromatic rings. The van der Waals surface area contributed by atoms with Crippen molar-refractivity contribution in [1.29, 1.82) is 0 Å². The molecule has 4 rings (SSSR count). The lowest BCUT2D eigenvalue weighted by molar-refractivity contribution is -0.170. The molecule has 0 N–H and O–H groups in total. The fourth-order valence-electron chi connectivity index (χ4n) is 4.81. The van der Waals surface area contributed by atoms with E-state index in [0.29, 0.717) is 0 Å². The largest absolute Gasteiger partial charge is 0.464 e. The zero-order chi connectivity index (χ0) is 29.1. The first-order valence-corrected chi connectivity index (χ1v) is 14.1. The summed E-state index contributed by atoms with van der Waals surface area (Å²) in [4.78, 5) is 41.4. The molecule has 0 spiro atoms. The molecule has 0 fully saturated rings. The first-order chi connectivity index (χ1) is 19.1. The van der Waals surface area contributed by atoms with Gasteiger partial charge in [0.15, 0.2) is 5.78 Å². The van der Waals surface area contributed by atoms with E-state index in [2.05, 4.69) is 0 Å². The minimum atomic E-state index is -4.98. The number of aryl methyl sites for hydroxylation is 1. The van der Waals surface area contributed by atoms with E-state index in [1.807, 2.05) is 0 Å². The average molecular weight is 566 g/mol. The molecule has 0 saturated heterocycles. The van der Waals surface area contributed by atoms with Gasteiger partial charge in [-0.2, -0.15) is 4.39 Å². The summed E-state index contributed by atoms with van der Waals surface area (Å²) in [5, 5.41) is 0. The fraction of sp³-hybridized carbons (Fsp3) is 0.233. The average Bonchev–Trinajstić information content (AvgIpc) is 3.24. The summed E-state index contributed by atoms with van der Waals surface area (Å²) in [6, 6.07) is 20.8. The number of halogens is 1. The van der Waals surface area contributed by atoms with Crippen molar-refractivity contribution in [3.05, 3.63) is 113 Å². The van der Waals surface area contributed by atoms with Crippen LogP contribution in [0.2, 0.25) is 0 Å². The Balaban J connectivity index is 2.15. The van der Waals surface area contributed by atoms with Gasteiger partial charge in [-0.05, 0) is 38.5 Å². The van der Waals surface area contributed by atoms with E-state index in [0.717, 1.165) is 5.56 Å². The Labute approximate surface area is 232 Å². The lowest BCUT2D eigenvalue weighted by Crippen LogP contribution is -2.63. The molecule has 208 valence electrons. The number of benzene rings is 3. The minimum Gasteiger partial charge on any atom is -0.464 e. The highest BCUT2D eigenvalue weighted by Gasteiger charge is 2.71. The highest BCUT2D eigenvalue weighted by Crippen LogP contribution is 2.53. The molecule has 1 atom stereocenters. The normalized spacial score (nSPS) is 16.5. The van der Waals surface area contributed by atoms with Crippen LogP contribution in [-0.2, 0) is 29.1 Å². The number of sulfonamides is 1. The van der Waals surface area contributed by atoms with Gasteiger partial charge in [0.1, 0.15) is 0 Å². The summed E-state index contributed by atoms with van der Waals surface area (Å²) >= 11 is 0. The zero-order valence-corrected chi connectivity index (χ0v) is 23.0. The second kappa shape index (κ2) is 11.4. The summed E-state index contributed by atoms with van der Waals surface area (Å²) in [5.74, 6) is -6.94. The van der Waals surface area contributed by atoms with Crippen molar-refractivity contribution in [3.63, 3.8) is 0 Å². The minimum absolute atomic E-state index is 0.0322. The Morgan fingerprint density at radius 3 is 1.82 bits per heavy atom. The molecule has 40 heavy (non-hydrogen) atoms. The van der Waals surface area contributed by atoms with Gasteiger partial charge in [0.25, 0.3) is 15.6 Å². The SMILES string of the molecule is CCOC(=O)C1(C(=O)OCC)[C@H](c2ccccc2)C(C(=O)c2ccccc2)=C(F)N1S(=O)(=O)c1ccc(C)cc1. The molecule has 0 bridgehead atoms. The number of ether oxygens (including phenoxy) is 2. The van der Waals surface area contributed by atoms with E-state index in [1.54, 1.807) is 43.3 Å². The number of nitrogens with zero attached hydrogens (tertiary/aromatic N) is 1. The molecule has 10 heteroatoms. The molecular formula is C30H28FNO7S. The van der Waals surface area contributed by atoms with Crippen molar-refractivity contribution in [1.82, 2.24) is 4.31 Å². The van der Waals surface area contributed by atoms with Crippen LogP contribution in [0.4, 0.5) is 4.39 Å². The first-order valence-electron chi connectivity index (χ1n) is 12.6. The van der Waals surface area contributed by atoms with Crippen LogP contribution in [0.1, 0.15) is 41.3 Å². The number of esters is 2. The van der Waals surface area contributed by atoms with Crippen LogP contribution in [-0.4, -0.2) is 49.2 Å². The second-order valence-electron chi connectivity index (χ2n) is 9.03. The zero-order valence-electron chi connectivity index (χ0n) is 22.2. The number of rotatable bonds is 9. The van der Waals surface area contributed by atoms with E-state index in [4.69, 9.17) is 9.47 Å². The smallest absolute Gasteiger partial charge is 0.345 e. The fourth-order valence-corrected chi connectivity index (χ4v) is 6.44. The monoisotopic (exact) mass is 565 g/mol. The highest BCUT2D eigenvalue weighted by molar-refractivity contribution is 7.89. The Hall–Kier alpha value is -4.31. The molecule has 1 aliphatic rings. The van der Waals surface area contributed by atoms with Gasteiger partial charge in [-0.3, -0.25) is 4.79 Å². The molecule has 0 saturated carbocycles. The lowest BCUT2D eigenvalue weighted by atomic mass is 9.75. The number of hydrogen-bond donors (Lipinski definition) is 0. The van der Waals surface area contributed by atoms with Crippen molar-refractivity contribution in [3.8, 4) is 0 Å². The highest BCUT2D eigenvalue weighted by atomic mass is 32.2. The third-order valence-corrected chi connectivity index (χ3v) is 8.37. The Morgan fingerprint density at radius 2 is 1.32 bits per heavy atom. The van der Waals surface area contributed by atoms with Crippen molar-refractivity contribution in [2.75, 3.05) is 13.2 Å². The van der Waals surface area contributed by atoms with E-state index in [-0.39, 0.29) is 28.6 Å². The second-order valence-corrected chi connectivity index (χ2v) is 10.8. The Kier molecular flexibility index (Phi) is 8.20. The summed E-state index contributed by atoms with van der Waals surface area (Å²) < 4.78 is 55.9. The topological polar surface area (TPSA) is 107 Å². The summed E-state index contributed by atoms with van der Waals surface area (Å²) in [5.41, 5.74) is -2.75. The molecule has 0 aliphatic carbocycles. The quantitative estimate of drug-likeness (QED) is 0.160. The summed E-state index contributed by atoms with van der Waals surface area (Å²) in [7, 11) is -4.98. The first kappa shape index (κ1) is 28.7. The Morgan fingerprint density at radius 1 is 0.825 bits per heavy atom. The van der Waals surface area contributed by atoms with E-state index in [1.165, 1.54) is 62.4 Å². The van der Waals surface area contributed by atoms with Gasteiger partial charge in [0.2, 0.25) is 5.95 Å². The molecule has 8 nitrogen and oxygen atoms in total. The molecule has 1 aliphatic heterocycles. The standard InChI is InChI=1S/C30H28FNO7S/c1-4-38-28(34)30(29(35)39-5-2)25(21-12-8-6-9-13-21)24(26(33)22-14-10-7-11-15-22)27(31)32(30)40(36,37)23-18-16-20(3)17-19-23/h6-19,25H,4-5H2,1-3H3/t25-/m1/s1. The maximum absolute atomic E-state index is 16.9. The third kappa shape index (κ3) is 4.68. The third-order valence-electron chi connectivity index (χ3n) is 6.57. The van der Waals surface area contributed by atoms with Gasteiger partial charge in [-0.15, -0.1) is 0 Å². The van der Waals surface area contributed by atoms with Gasteiger partial charge in [0, 0.05) is 5.56 Å². The summed E-state index contributed by atoms with van der Waals surface area (Å²) in [6.45, 7) is 4.13. The van der Waals surface area contributed by atoms with E-state index in [9.17, 15) is 22.8 Å². The molecular weight excluding hydrogens is 537 g/mol. The van der Waals surface area contributed by atoms with Gasteiger partial charge in [-0.1, -0.05) is 78.4 Å². The number of ketones is 1. The van der Waals surface area contributed by atoms with Gasteiger partial charge in [-0.25, -0.2) is 22.3 Å². The van der Waals surface area contributed by atoms with Crippen LogP contribution in [0.15, 0.2) is 101 Å².